The number of halogens is 3. The maximum absolute atomic E-state index is 12.5. The van der Waals surface area contributed by atoms with E-state index in [1.165, 1.54) is 12.1 Å². The average molecular weight is 342 g/mol. The third-order valence-corrected chi connectivity index (χ3v) is 4.79. The molecule has 1 saturated heterocycles. The van der Waals surface area contributed by atoms with Crippen molar-refractivity contribution in [2.24, 2.45) is 5.92 Å². The standard InChI is InChI=1S/C17H21F3N2O2/c18-17(19,20)12-5-3-11(4-6-12)7-8-21-16(23)22-14-10-15-13(14)2-1-9-24-15/h3-6,13-15H,1-2,7-10H2,(H2,21,22,23). The molecule has 2 aliphatic rings. The average Bonchev–Trinajstić information content (AvgIpc) is 2.52. The molecule has 2 fully saturated rings. The van der Waals surface area contributed by atoms with Gasteiger partial charge in [0.1, 0.15) is 0 Å². The fraction of sp³-hybridized carbons (Fsp3) is 0.588. The third-order valence-electron chi connectivity index (χ3n) is 4.79. The second kappa shape index (κ2) is 7.01. The van der Waals surface area contributed by atoms with Crippen LogP contribution < -0.4 is 10.6 Å². The number of benzene rings is 1. The Labute approximate surface area is 138 Å². The number of amides is 2. The SMILES string of the molecule is O=C(NCCc1ccc(C(F)(F)F)cc1)NC1CC2OCCCC12. The van der Waals surface area contributed by atoms with Crippen molar-refractivity contribution in [3.8, 4) is 0 Å². The van der Waals surface area contributed by atoms with Crippen LogP contribution in [0.4, 0.5) is 18.0 Å². The first-order chi connectivity index (χ1) is 11.4. The van der Waals surface area contributed by atoms with Gasteiger partial charge in [0.05, 0.1) is 11.7 Å². The van der Waals surface area contributed by atoms with E-state index in [-0.39, 0.29) is 18.2 Å². The largest absolute Gasteiger partial charge is 0.416 e. The molecule has 1 aromatic rings. The van der Waals surface area contributed by atoms with E-state index < -0.39 is 11.7 Å². The zero-order valence-corrected chi connectivity index (χ0v) is 13.2. The summed E-state index contributed by atoms with van der Waals surface area (Å²) in [6.45, 7) is 1.20. The molecule has 0 radical (unpaired) electrons. The van der Waals surface area contributed by atoms with Crippen molar-refractivity contribution in [2.75, 3.05) is 13.2 Å². The summed E-state index contributed by atoms with van der Waals surface area (Å²) in [7, 11) is 0. The Kier molecular flexibility index (Phi) is 4.99. The Hall–Kier alpha value is -1.76. The quantitative estimate of drug-likeness (QED) is 0.883. The van der Waals surface area contributed by atoms with Crippen LogP contribution in [0.2, 0.25) is 0 Å². The Balaban J connectivity index is 1.38. The van der Waals surface area contributed by atoms with Crippen LogP contribution in [0.1, 0.15) is 30.4 Å². The zero-order valence-electron chi connectivity index (χ0n) is 13.2. The van der Waals surface area contributed by atoms with Gasteiger partial charge in [-0.25, -0.2) is 4.79 Å². The molecule has 3 atom stereocenters. The molecular weight excluding hydrogens is 321 g/mol. The predicted octanol–water partition coefficient (Wildman–Crippen LogP) is 3.11. The molecule has 3 unspecified atom stereocenters. The number of fused-ring (bicyclic) bond motifs is 1. The molecule has 0 bridgehead atoms. The van der Waals surface area contributed by atoms with Crippen molar-refractivity contribution >= 4 is 6.03 Å². The van der Waals surface area contributed by atoms with Crippen molar-refractivity contribution in [3.05, 3.63) is 35.4 Å². The predicted molar refractivity (Wildman–Crippen MR) is 82.6 cm³/mol. The first kappa shape index (κ1) is 17.1. The van der Waals surface area contributed by atoms with Gasteiger partial charge in [0, 0.05) is 25.1 Å². The van der Waals surface area contributed by atoms with Gasteiger partial charge in [0.15, 0.2) is 0 Å². The lowest BCUT2D eigenvalue weighted by atomic mass is 9.72. The van der Waals surface area contributed by atoms with Crippen molar-refractivity contribution < 1.29 is 22.7 Å². The van der Waals surface area contributed by atoms with Gasteiger partial charge in [-0.3, -0.25) is 0 Å². The Bertz CT molecular complexity index is 574. The summed E-state index contributed by atoms with van der Waals surface area (Å²) in [5.74, 6) is 0.416. The molecule has 1 saturated carbocycles. The van der Waals surface area contributed by atoms with Crippen LogP contribution in [-0.4, -0.2) is 31.3 Å². The number of rotatable bonds is 4. The van der Waals surface area contributed by atoms with Gasteiger partial charge in [0.25, 0.3) is 0 Å². The summed E-state index contributed by atoms with van der Waals surface area (Å²) < 4.78 is 43.1. The maximum Gasteiger partial charge on any atom is 0.416 e. The molecule has 1 aliphatic carbocycles. The monoisotopic (exact) mass is 342 g/mol. The number of carbonyl (C=O) groups excluding carboxylic acids is 1. The summed E-state index contributed by atoms with van der Waals surface area (Å²) in [6, 6.07) is 4.95. The molecule has 24 heavy (non-hydrogen) atoms. The van der Waals surface area contributed by atoms with Crippen LogP contribution in [0.5, 0.6) is 0 Å². The van der Waals surface area contributed by atoms with Crippen LogP contribution in [0.25, 0.3) is 0 Å². The minimum absolute atomic E-state index is 0.168. The van der Waals surface area contributed by atoms with E-state index in [4.69, 9.17) is 4.74 Å². The maximum atomic E-state index is 12.5. The van der Waals surface area contributed by atoms with Crippen LogP contribution >= 0.6 is 0 Å². The van der Waals surface area contributed by atoms with Gasteiger partial charge < -0.3 is 15.4 Å². The topological polar surface area (TPSA) is 50.4 Å². The molecule has 2 N–H and O–H groups in total. The van der Waals surface area contributed by atoms with E-state index in [9.17, 15) is 18.0 Å². The zero-order chi connectivity index (χ0) is 17.2. The summed E-state index contributed by atoms with van der Waals surface area (Å²) >= 11 is 0. The normalized spacial score (nSPS) is 26.2. The van der Waals surface area contributed by atoms with E-state index in [0.29, 0.717) is 18.9 Å². The fourth-order valence-corrected chi connectivity index (χ4v) is 3.36. The molecule has 0 spiro atoms. The van der Waals surface area contributed by atoms with E-state index in [1.807, 2.05) is 0 Å². The molecular formula is C17H21F3N2O2. The Morgan fingerprint density at radius 1 is 1.25 bits per heavy atom. The number of alkyl halides is 3. The first-order valence-electron chi connectivity index (χ1n) is 8.25. The Morgan fingerprint density at radius 2 is 2.00 bits per heavy atom. The van der Waals surface area contributed by atoms with Gasteiger partial charge >= 0.3 is 12.2 Å². The molecule has 1 aromatic carbocycles. The van der Waals surface area contributed by atoms with Crippen LogP contribution in [0.3, 0.4) is 0 Å². The fourth-order valence-electron chi connectivity index (χ4n) is 3.36. The second-order valence-corrected chi connectivity index (χ2v) is 6.40. The number of ether oxygens (including phenoxy) is 1. The third kappa shape index (κ3) is 4.01. The Morgan fingerprint density at radius 3 is 2.67 bits per heavy atom. The minimum Gasteiger partial charge on any atom is -0.378 e. The molecule has 2 amide bonds. The van der Waals surface area contributed by atoms with Gasteiger partial charge in [-0.15, -0.1) is 0 Å². The molecule has 7 heteroatoms. The lowest BCUT2D eigenvalue weighted by molar-refractivity contribution is -0.137. The van der Waals surface area contributed by atoms with Gasteiger partial charge in [-0.2, -0.15) is 13.2 Å². The van der Waals surface area contributed by atoms with Crippen molar-refractivity contribution in [2.45, 2.75) is 44.0 Å². The molecule has 1 heterocycles. The highest BCUT2D eigenvalue weighted by atomic mass is 19.4. The van der Waals surface area contributed by atoms with E-state index in [1.54, 1.807) is 0 Å². The van der Waals surface area contributed by atoms with E-state index in [2.05, 4.69) is 10.6 Å². The number of hydrogen-bond donors (Lipinski definition) is 2. The molecule has 132 valence electrons. The van der Waals surface area contributed by atoms with E-state index >= 15 is 0 Å². The van der Waals surface area contributed by atoms with Crippen LogP contribution in [0, 0.1) is 5.92 Å². The molecule has 3 rings (SSSR count). The molecule has 0 aromatic heterocycles. The van der Waals surface area contributed by atoms with Gasteiger partial charge in [0.2, 0.25) is 0 Å². The highest BCUT2D eigenvalue weighted by Crippen LogP contribution is 2.37. The van der Waals surface area contributed by atoms with Crippen molar-refractivity contribution in [3.63, 3.8) is 0 Å². The smallest absolute Gasteiger partial charge is 0.378 e. The van der Waals surface area contributed by atoms with Crippen LogP contribution in [-0.2, 0) is 17.3 Å². The molecule has 4 nitrogen and oxygen atoms in total. The number of hydrogen-bond acceptors (Lipinski definition) is 2. The van der Waals surface area contributed by atoms with E-state index in [0.717, 1.165) is 43.6 Å². The summed E-state index contributed by atoms with van der Waals surface area (Å²) in [5.41, 5.74) is 0.0962. The van der Waals surface area contributed by atoms with Gasteiger partial charge in [-0.05, 0) is 43.4 Å². The minimum atomic E-state index is -4.32. The van der Waals surface area contributed by atoms with Crippen molar-refractivity contribution in [1.82, 2.24) is 10.6 Å². The lowest BCUT2D eigenvalue weighted by Crippen LogP contribution is -2.59. The number of urea groups is 1. The van der Waals surface area contributed by atoms with Gasteiger partial charge in [-0.1, -0.05) is 12.1 Å². The second-order valence-electron chi connectivity index (χ2n) is 6.40. The highest BCUT2D eigenvalue weighted by Gasteiger charge is 2.43. The van der Waals surface area contributed by atoms with Crippen LogP contribution in [0.15, 0.2) is 24.3 Å². The molecule has 1 aliphatic heterocycles. The number of nitrogens with one attached hydrogen (secondary N) is 2. The number of carbonyl (C=O) groups is 1. The summed E-state index contributed by atoms with van der Waals surface area (Å²) in [5, 5.41) is 5.71. The lowest BCUT2D eigenvalue weighted by Gasteiger charge is -2.47. The highest BCUT2D eigenvalue weighted by molar-refractivity contribution is 5.74. The summed E-state index contributed by atoms with van der Waals surface area (Å²) in [4.78, 5) is 11.9. The summed E-state index contributed by atoms with van der Waals surface area (Å²) in [6.07, 6.45) is -0.560. The first-order valence-corrected chi connectivity index (χ1v) is 8.25. The van der Waals surface area contributed by atoms with Crippen molar-refractivity contribution in [1.29, 1.82) is 0 Å².